The molecule has 0 radical (unpaired) electrons. The summed E-state index contributed by atoms with van der Waals surface area (Å²) in [4.78, 5) is 37.3. The molecule has 1 aliphatic heterocycles. The Morgan fingerprint density at radius 2 is 1.96 bits per heavy atom. The summed E-state index contributed by atoms with van der Waals surface area (Å²) < 4.78 is 13.7. The van der Waals surface area contributed by atoms with Crippen LogP contribution in [0.3, 0.4) is 0 Å². The third-order valence-corrected chi connectivity index (χ3v) is 4.27. The standard InChI is InChI=1S/C17H19FN2O3S/c1-17(2,3)15(22)19-8-9-20-14(21)13(24-16(20)23)10-11-6-4-5-7-12(11)18/h4-7,10H,8-9H2,1-3H3,(H,19,22). The first-order valence-electron chi connectivity index (χ1n) is 7.48. The molecule has 1 N–H and O–H groups in total. The van der Waals surface area contributed by atoms with Gasteiger partial charge >= 0.3 is 0 Å². The Hall–Kier alpha value is -2.15. The minimum absolute atomic E-state index is 0.0844. The zero-order valence-corrected chi connectivity index (χ0v) is 14.6. The van der Waals surface area contributed by atoms with Gasteiger partial charge in [0.15, 0.2) is 0 Å². The summed E-state index contributed by atoms with van der Waals surface area (Å²) in [5, 5.41) is 2.27. The molecular weight excluding hydrogens is 331 g/mol. The predicted octanol–water partition coefficient (Wildman–Crippen LogP) is 3.02. The fourth-order valence-electron chi connectivity index (χ4n) is 1.97. The van der Waals surface area contributed by atoms with Gasteiger partial charge in [-0.25, -0.2) is 4.39 Å². The van der Waals surface area contributed by atoms with E-state index >= 15 is 0 Å². The number of halogens is 1. The number of imide groups is 1. The summed E-state index contributed by atoms with van der Waals surface area (Å²) in [5.41, 5.74) is -0.284. The van der Waals surface area contributed by atoms with Crippen molar-refractivity contribution in [2.45, 2.75) is 20.8 Å². The van der Waals surface area contributed by atoms with E-state index < -0.39 is 22.4 Å². The van der Waals surface area contributed by atoms with Crippen LogP contribution in [-0.4, -0.2) is 35.0 Å². The smallest absolute Gasteiger partial charge is 0.293 e. The molecule has 128 valence electrons. The van der Waals surface area contributed by atoms with Gasteiger partial charge in [-0.1, -0.05) is 39.0 Å². The maximum atomic E-state index is 13.7. The first-order chi connectivity index (χ1) is 11.2. The van der Waals surface area contributed by atoms with Gasteiger partial charge in [0.2, 0.25) is 5.91 Å². The van der Waals surface area contributed by atoms with Crippen LogP contribution in [0, 0.1) is 11.2 Å². The van der Waals surface area contributed by atoms with E-state index in [1.54, 1.807) is 32.9 Å². The number of nitrogens with one attached hydrogen (secondary N) is 1. The number of hydrogen-bond acceptors (Lipinski definition) is 4. The number of carbonyl (C=O) groups is 3. The third-order valence-electron chi connectivity index (χ3n) is 3.37. The second kappa shape index (κ2) is 7.17. The van der Waals surface area contributed by atoms with Crippen LogP contribution in [0.1, 0.15) is 26.3 Å². The second-order valence-electron chi connectivity index (χ2n) is 6.36. The lowest BCUT2D eigenvalue weighted by molar-refractivity contribution is -0.129. The van der Waals surface area contributed by atoms with E-state index in [2.05, 4.69) is 5.32 Å². The monoisotopic (exact) mass is 350 g/mol. The van der Waals surface area contributed by atoms with Crippen molar-refractivity contribution in [1.82, 2.24) is 10.2 Å². The summed E-state index contributed by atoms with van der Waals surface area (Å²) in [6.45, 7) is 5.60. The highest BCUT2D eigenvalue weighted by atomic mass is 32.2. The van der Waals surface area contributed by atoms with Crippen molar-refractivity contribution in [3.05, 3.63) is 40.6 Å². The summed E-state index contributed by atoms with van der Waals surface area (Å²) >= 11 is 0.769. The fraction of sp³-hybridized carbons (Fsp3) is 0.353. The molecule has 2 rings (SSSR count). The zero-order chi connectivity index (χ0) is 17.9. The van der Waals surface area contributed by atoms with E-state index in [0.29, 0.717) is 0 Å². The van der Waals surface area contributed by atoms with Crippen LogP contribution in [0.25, 0.3) is 6.08 Å². The average molecular weight is 350 g/mol. The van der Waals surface area contributed by atoms with Crippen molar-refractivity contribution < 1.29 is 18.8 Å². The molecular formula is C17H19FN2O3S. The number of benzene rings is 1. The first kappa shape index (κ1) is 18.2. The molecule has 1 aromatic rings. The highest BCUT2D eigenvalue weighted by Crippen LogP contribution is 2.32. The second-order valence-corrected chi connectivity index (χ2v) is 7.35. The average Bonchev–Trinajstić information content (AvgIpc) is 2.76. The summed E-state index contributed by atoms with van der Waals surface area (Å²) in [7, 11) is 0. The molecule has 0 aliphatic carbocycles. The maximum Gasteiger partial charge on any atom is 0.293 e. The molecule has 0 atom stereocenters. The summed E-state index contributed by atoms with van der Waals surface area (Å²) in [6, 6.07) is 6.03. The van der Waals surface area contributed by atoms with Gasteiger partial charge in [0.25, 0.3) is 11.1 Å². The predicted molar refractivity (Wildman–Crippen MR) is 91.5 cm³/mol. The minimum atomic E-state index is -0.538. The minimum Gasteiger partial charge on any atom is -0.354 e. The lowest BCUT2D eigenvalue weighted by Gasteiger charge is -2.19. The molecule has 1 aromatic carbocycles. The van der Waals surface area contributed by atoms with E-state index in [1.165, 1.54) is 18.2 Å². The van der Waals surface area contributed by atoms with Crippen LogP contribution in [0.15, 0.2) is 29.2 Å². The van der Waals surface area contributed by atoms with Gasteiger partial charge < -0.3 is 5.32 Å². The van der Waals surface area contributed by atoms with Gasteiger partial charge in [0.1, 0.15) is 5.82 Å². The van der Waals surface area contributed by atoms with E-state index in [-0.39, 0.29) is 29.5 Å². The number of amides is 3. The SMILES string of the molecule is CC(C)(C)C(=O)NCCN1C(=O)SC(=Cc2ccccc2F)C1=O. The molecule has 0 bridgehead atoms. The van der Waals surface area contributed by atoms with E-state index in [1.807, 2.05) is 0 Å². The summed E-state index contributed by atoms with van der Waals surface area (Å²) in [6.07, 6.45) is 1.37. The van der Waals surface area contributed by atoms with Crippen LogP contribution in [0.5, 0.6) is 0 Å². The molecule has 1 fully saturated rings. The highest BCUT2D eigenvalue weighted by Gasteiger charge is 2.35. The van der Waals surface area contributed by atoms with Crippen LogP contribution in [-0.2, 0) is 9.59 Å². The molecule has 1 saturated heterocycles. The molecule has 0 spiro atoms. The fourth-order valence-corrected chi connectivity index (χ4v) is 2.83. The van der Waals surface area contributed by atoms with Crippen LogP contribution in [0.2, 0.25) is 0 Å². The number of nitrogens with zero attached hydrogens (tertiary/aromatic N) is 1. The molecule has 7 heteroatoms. The molecule has 24 heavy (non-hydrogen) atoms. The van der Waals surface area contributed by atoms with Gasteiger partial charge in [-0.15, -0.1) is 0 Å². The molecule has 0 aromatic heterocycles. The lowest BCUT2D eigenvalue weighted by Crippen LogP contribution is -2.41. The van der Waals surface area contributed by atoms with Crippen LogP contribution in [0.4, 0.5) is 9.18 Å². The van der Waals surface area contributed by atoms with Crippen molar-refractivity contribution in [2.75, 3.05) is 13.1 Å². The van der Waals surface area contributed by atoms with Crippen molar-refractivity contribution in [1.29, 1.82) is 0 Å². The Labute approximate surface area is 144 Å². The van der Waals surface area contributed by atoms with Crippen molar-refractivity contribution >= 4 is 34.9 Å². The molecule has 1 heterocycles. The third kappa shape index (κ3) is 4.23. The van der Waals surface area contributed by atoms with Crippen LogP contribution < -0.4 is 5.32 Å². The van der Waals surface area contributed by atoms with Gasteiger partial charge in [-0.05, 0) is 23.9 Å². The van der Waals surface area contributed by atoms with Gasteiger partial charge in [-0.2, -0.15) is 0 Å². The van der Waals surface area contributed by atoms with E-state index in [0.717, 1.165) is 16.7 Å². The van der Waals surface area contributed by atoms with E-state index in [4.69, 9.17) is 0 Å². The molecule has 0 saturated carbocycles. The van der Waals surface area contributed by atoms with E-state index in [9.17, 15) is 18.8 Å². The Kier molecular flexibility index (Phi) is 5.43. The van der Waals surface area contributed by atoms with Gasteiger partial charge in [0.05, 0.1) is 4.91 Å². The Balaban J connectivity index is 2.02. The topological polar surface area (TPSA) is 66.5 Å². The Morgan fingerprint density at radius 1 is 1.29 bits per heavy atom. The highest BCUT2D eigenvalue weighted by molar-refractivity contribution is 8.18. The van der Waals surface area contributed by atoms with Gasteiger partial charge in [-0.3, -0.25) is 19.3 Å². The first-order valence-corrected chi connectivity index (χ1v) is 8.30. The number of carbonyl (C=O) groups excluding carboxylic acids is 3. The molecule has 1 aliphatic rings. The number of hydrogen-bond donors (Lipinski definition) is 1. The molecule has 3 amide bonds. The van der Waals surface area contributed by atoms with Gasteiger partial charge in [0, 0.05) is 24.1 Å². The number of thioether (sulfide) groups is 1. The van der Waals surface area contributed by atoms with Crippen molar-refractivity contribution in [3.63, 3.8) is 0 Å². The number of rotatable bonds is 4. The quantitative estimate of drug-likeness (QED) is 0.848. The zero-order valence-electron chi connectivity index (χ0n) is 13.8. The lowest BCUT2D eigenvalue weighted by atomic mass is 9.96. The maximum absolute atomic E-state index is 13.7. The van der Waals surface area contributed by atoms with Crippen LogP contribution >= 0.6 is 11.8 Å². The largest absolute Gasteiger partial charge is 0.354 e. The molecule has 0 unspecified atom stereocenters. The van der Waals surface area contributed by atoms with Crippen molar-refractivity contribution in [2.24, 2.45) is 5.41 Å². The Bertz CT molecular complexity index is 710. The molecule has 5 nitrogen and oxygen atoms in total. The normalized spacial score (nSPS) is 16.8. The Morgan fingerprint density at radius 3 is 2.58 bits per heavy atom. The summed E-state index contributed by atoms with van der Waals surface area (Å²) in [5.74, 6) is -1.09. The van der Waals surface area contributed by atoms with Crippen molar-refractivity contribution in [3.8, 4) is 0 Å².